The molecule has 2 aromatic heterocycles. The first-order valence-electron chi connectivity index (χ1n) is 7.42. The van der Waals surface area contributed by atoms with Gasteiger partial charge in [0.1, 0.15) is 12.7 Å². The number of aromatic nitrogens is 5. The molecule has 0 radical (unpaired) electrons. The third kappa shape index (κ3) is 3.37. The summed E-state index contributed by atoms with van der Waals surface area (Å²) >= 11 is 0. The fourth-order valence-electron chi connectivity index (χ4n) is 2.25. The lowest BCUT2D eigenvalue weighted by Crippen LogP contribution is -2.32. The number of benzene rings is 1. The number of nitrogens with one attached hydrogen (secondary N) is 1. The highest BCUT2D eigenvalue weighted by molar-refractivity contribution is 5.95. The minimum atomic E-state index is -0.246. The van der Waals surface area contributed by atoms with E-state index in [1.54, 1.807) is 12.1 Å². The molecule has 0 aliphatic rings. The number of hydrogen-bond donors (Lipinski definition) is 1. The fourth-order valence-corrected chi connectivity index (χ4v) is 2.25. The number of hydrogen-bond acceptors (Lipinski definition) is 5. The van der Waals surface area contributed by atoms with Gasteiger partial charge in [-0.15, -0.1) is 5.10 Å². The van der Waals surface area contributed by atoms with Gasteiger partial charge in [-0.25, -0.2) is 14.3 Å². The van der Waals surface area contributed by atoms with E-state index in [1.807, 2.05) is 25.1 Å². The molecule has 8 heteroatoms. The Morgan fingerprint density at radius 2 is 2.04 bits per heavy atom. The second kappa shape index (κ2) is 6.86. The number of aryl methyl sites for hydroxylation is 1. The number of rotatable bonds is 5. The van der Waals surface area contributed by atoms with Crippen molar-refractivity contribution in [3.8, 4) is 5.82 Å². The summed E-state index contributed by atoms with van der Waals surface area (Å²) in [5.74, 6) is 0.311. The van der Waals surface area contributed by atoms with Crippen LogP contribution < -0.4 is 10.9 Å². The summed E-state index contributed by atoms with van der Waals surface area (Å²) in [6.07, 6.45) is 2.89. The monoisotopic (exact) mass is 324 g/mol. The zero-order valence-electron chi connectivity index (χ0n) is 13.1. The van der Waals surface area contributed by atoms with Crippen molar-refractivity contribution in [1.29, 1.82) is 0 Å². The van der Waals surface area contributed by atoms with Crippen LogP contribution in [0.3, 0.4) is 0 Å². The predicted octanol–water partition coefficient (Wildman–Crippen LogP) is 0.562. The lowest BCUT2D eigenvalue weighted by atomic mass is 10.1. The van der Waals surface area contributed by atoms with E-state index in [0.29, 0.717) is 17.9 Å². The molecule has 0 atom stereocenters. The maximum atomic E-state index is 12.2. The normalized spacial score (nSPS) is 10.5. The Balaban J connectivity index is 1.67. The van der Waals surface area contributed by atoms with Gasteiger partial charge in [0.05, 0.1) is 6.54 Å². The van der Waals surface area contributed by atoms with Crippen LogP contribution in [-0.4, -0.2) is 37.0 Å². The first kappa shape index (κ1) is 15.6. The third-order valence-corrected chi connectivity index (χ3v) is 3.50. The highest BCUT2D eigenvalue weighted by Gasteiger charge is 2.08. The molecule has 122 valence electrons. The van der Waals surface area contributed by atoms with Gasteiger partial charge in [-0.2, -0.15) is 5.10 Å². The minimum absolute atomic E-state index is 0.173. The smallest absolute Gasteiger partial charge is 0.266 e. The molecule has 0 bridgehead atoms. The summed E-state index contributed by atoms with van der Waals surface area (Å²) in [4.78, 5) is 27.9. The first-order valence-corrected chi connectivity index (χ1v) is 7.42. The topological polar surface area (TPSA) is 94.7 Å². The molecule has 0 fully saturated rings. The Morgan fingerprint density at radius 1 is 1.21 bits per heavy atom. The lowest BCUT2D eigenvalue weighted by molar-refractivity contribution is 0.0951. The molecular formula is C16H16N6O2. The van der Waals surface area contributed by atoms with Crippen molar-refractivity contribution in [2.24, 2.45) is 0 Å². The predicted molar refractivity (Wildman–Crippen MR) is 86.9 cm³/mol. The van der Waals surface area contributed by atoms with E-state index < -0.39 is 0 Å². The van der Waals surface area contributed by atoms with Crippen molar-refractivity contribution >= 4 is 5.91 Å². The molecular weight excluding hydrogens is 308 g/mol. The van der Waals surface area contributed by atoms with Crippen LogP contribution in [0.15, 0.2) is 53.8 Å². The van der Waals surface area contributed by atoms with E-state index in [9.17, 15) is 9.59 Å². The Kier molecular flexibility index (Phi) is 4.46. The van der Waals surface area contributed by atoms with Crippen molar-refractivity contribution < 1.29 is 4.79 Å². The summed E-state index contributed by atoms with van der Waals surface area (Å²) in [5.41, 5.74) is 1.27. The van der Waals surface area contributed by atoms with Gasteiger partial charge in [0.2, 0.25) is 0 Å². The highest BCUT2D eigenvalue weighted by atomic mass is 16.2. The molecule has 3 rings (SSSR count). The summed E-state index contributed by atoms with van der Waals surface area (Å²) in [6.45, 7) is 2.43. The van der Waals surface area contributed by atoms with E-state index in [-0.39, 0.29) is 18.0 Å². The molecule has 8 nitrogen and oxygen atoms in total. The molecule has 0 saturated carbocycles. The largest absolute Gasteiger partial charge is 0.350 e. The van der Waals surface area contributed by atoms with Crippen LogP contribution in [0, 0.1) is 6.92 Å². The van der Waals surface area contributed by atoms with Crippen molar-refractivity contribution in [2.75, 3.05) is 6.54 Å². The Labute approximate surface area is 137 Å². The molecule has 0 saturated heterocycles. The first-order chi connectivity index (χ1) is 11.6. The molecule has 1 aromatic carbocycles. The second-order valence-corrected chi connectivity index (χ2v) is 5.16. The van der Waals surface area contributed by atoms with Crippen LogP contribution in [0.1, 0.15) is 15.9 Å². The molecule has 0 aliphatic heterocycles. The van der Waals surface area contributed by atoms with Gasteiger partial charge in [0.15, 0.2) is 5.82 Å². The maximum absolute atomic E-state index is 12.2. The molecule has 1 amide bonds. The maximum Gasteiger partial charge on any atom is 0.266 e. The molecule has 3 aromatic rings. The van der Waals surface area contributed by atoms with Gasteiger partial charge in [-0.1, -0.05) is 18.2 Å². The fraction of sp³-hybridized carbons (Fsp3) is 0.188. The van der Waals surface area contributed by atoms with Crippen LogP contribution in [0.4, 0.5) is 0 Å². The molecule has 1 N–H and O–H groups in total. The molecule has 24 heavy (non-hydrogen) atoms. The van der Waals surface area contributed by atoms with Crippen LogP contribution in [0.2, 0.25) is 0 Å². The number of nitrogens with zero attached hydrogens (tertiary/aromatic N) is 5. The minimum Gasteiger partial charge on any atom is -0.350 e. The van der Waals surface area contributed by atoms with E-state index >= 15 is 0 Å². The van der Waals surface area contributed by atoms with Crippen LogP contribution in [0.5, 0.6) is 0 Å². The summed E-state index contributed by atoms with van der Waals surface area (Å²) in [7, 11) is 0. The van der Waals surface area contributed by atoms with Crippen molar-refractivity contribution in [2.45, 2.75) is 13.5 Å². The highest BCUT2D eigenvalue weighted by Crippen LogP contribution is 2.06. The Hall–Kier alpha value is -3.29. The molecule has 0 spiro atoms. The molecule has 0 aliphatic carbocycles. The van der Waals surface area contributed by atoms with E-state index in [2.05, 4.69) is 20.5 Å². The van der Waals surface area contributed by atoms with Crippen LogP contribution in [-0.2, 0) is 6.54 Å². The van der Waals surface area contributed by atoms with E-state index in [1.165, 1.54) is 28.1 Å². The van der Waals surface area contributed by atoms with Crippen LogP contribution >= 0.6 is 0 Å². The number of carbonyl (C=O) groups is 1. The standard InChI is InChI=1S/C16H16N6O2/c1-12-4-2-3-5-13(12)16(24)18-8-9-21-15(23)7-6-14(20-21)22-11-17-10-19-22/h2-7,10-11H,8-9H2,1H3,(H,18,24). The van der Waals surface area contributed by atoms with Gasteiger partial charge in [-0.05, 0) is 24.6 Å². The van der Waals surface area contributed by atoms with Crippen molar-refractivity contribution in [1.82, 2.24) is 29.9 Å². The average Bonchev–Trinajstić information content (AvgIpc) is 3.11. The Morgan fingerprint density at radius 3 is 2.79 bits per heavy atom. The average molecular weight is 324 g/mol. The van der Waals surface area contributed by atoms with Gasteiger partial charge < -0.3 is 5.32 Å². The SMILES string of the molecule is Cc1ccccc1C(=O)NCCn1nc(-n2cncn2)ccc1=O. The third-order valence-electron chi connectivity index (χ3n) is 3.50. The van der Waals surface area contributed by atoms with Gasteiger partial charge in [0.25, 0.3) is 11.5 Å². The van der Waals surface area contributed by atoms with Gasteiger partial charge >= 0.3 is 0 Å². The quantitative estimate of drug-likeness (QED) is 0.740. The van der Waals surface area contributed by atoms with Crippen LogP contribution in [0.25, 0.3) is 5.82 Å². The summed E-state index contributed by atoms with van der Waals surface area (Å²) < 4.78 is 2.75. The van der Waals surface area contributed by atoms with Gasteiger partial charge in [0, 0.05) is 18.2 Å². The van der Waals surface area contributed by atoms with Crippen molar-refractivity contribution in [3.05, 3.63) is 70.5 Å². The zero-order chi connectivity index (χ0) is 16.9. The number of carbonyl (C=O) groups excluding carboxylic acids is 1. The van der Waals surface area contributed by atoms with Gasteiger partial charge in [-0.3, -0.25) is 9.59 Å². The van der Waals surface area contributed by atoms with E-state index in [0.717, 1.165) is 5.56 Å². The molecule has 0 unspecified atom stereocenters. The second-order valence-electron chi connectivity index (χ2n) is 5.16. The summed E-state index contributed by atoms with van der Waals surface area (Å²) in [5, 5.41) is 11.0. The lowest BCUT2D eigenvalue weighted by Gasteiger charge is -2.09. The summed E-state index contributed by atoms with van der Waals surface area (Å²) in [6, 6.07) is 10.3. The van der Waals surface area contributed by atoms with E-state index in [4.69, 9.17) is 0 Å². The Bertz CT molecular complexity index is 901. The van der Waals surface area contributed by atoms with Crippen molar-refractivity contribution in [3.63, 3.8) is 0 Å². The number of amides is 1. The molecule has 2 heterocycles. The zero-order valence-corrected chi connectivity index (χ0v) is 13.1.